The lowest BCUT2D eigenvalue weighted by atomic mass is 10.2. The summed E-state index contributed by atoms with van der Waals surface area (Å²) in [4.78, 5) is 0. The molecule has 0 amide bonds. The number of hydrogen-bond acceptors (Lipinski definition) is 3. The number of fused-ring (bicyclic) bond motifs is 1. The van der Waals surface area contributed by atoms with Crippen LogP contribution < -0.4 is 4.74 Å². The van der Waals surface area contributed by atoms with Gasteiger partial charge >= 0.3 is 0 Å². The van der Waals surface area contributed by atoms with Crippen molar-refractivity contribution in [2.24, 2.45) is 0 Å². The summed E-state index contributed by atoms with van der Waals surface area (Å²) in [5.74, 6) is 7.14. The van der Waals surface area contributed by atoms with Gasteiger partial charge in [-0.05, 0) is 36.4 Å². The third kappa shape index (κ3) is 3.03. The highest BCUT2D eigenvalue weighted by Gasteiger charge is 2.01. The molecule has 2 aromatic carbocycles. The fraction of sp³-hybridized carbons (Fsp3) is 0.176. The summed E-state index contributed by atoms with van der Waals surface area (Å²) in [7, 11) is 1.66. The highest BCUT2D eigenvalue weighted by Crippen LogP contribution is 2.11. The quantitative estimate of drug-likeness (QED) is 0.691. The Labute approximate surface area is 123 Å². The zero-order valence-electron chi connectivity index (χ0n) is 11.8. The van der Waals surface area contributed by atoms with Crippen LogP contribution in [0.3, 0.4) is 0 Å². The van der Waals surface area contributed by atoms with E-state index in [2.05, 4.69) is 22.2 Å². The van der Waals surface area contributed by atoms with Crippen LogP contribution in [0.25, 0.3) is 11.0 Å². The van der Waals surface area contributed by atoms with Crippen LogP contribution in [0, 0.1) is 11.8 Å². The van der Waals surface area contributed by atoms with Crippen molar-refractivity contribution in [1.82, 2.24) is 15.0 Å². The van der Waals surface area contributed by atoms with Gasteiger partial charge in [0.05, 0.1) is 19.2 Å². The Bertz CT molecular complexity index is 794. The highest BCUT2D eigenvalue weighted by molar-refractivity contribution is 5.73. The number of aryl methyl sites for hydroxylation is 1. The van der Waals surface area contributed by atoms with Crippen LogP contribution in [0.15, 0.2) is 48.5 Å². The van der Waals surface area contributed by atoms with Crippen molar-refractivity contribution in [2.45, 2.75) is 13.0 Å². The van der Waals surface area contributed by atoms with Gasteiger partial charge in [0.25, 0.3) is 0 Å². The lowest BCUT2D eigenvalue weighted by Gasteiger charge is -1.98. The molecule has 4 heteroatoms. The number of rotatable bonds is 3. The van der Waals surface area contributed by atoms with Gasteiger partial charge in [-0.15, -0.1) is 5.10 Å². The molecule has 4 nitrogen and oxygen atoms in total. The minimum absolute atomic E-state index is 0.735. The number of benzene rings is 2. The van der Waals surface area contributed by atoms with Gasteiger partial charge in [0.1, 0.15) is 11.3 Å². The molecule has 1 heterocycles. The predicted molar refractivity (Wildman–Crippen MR) is 82.0 cm³/mol. The predicted octanol–water partition coefficient (Wildman–Crippen LogP) is 2.88. The number of aromatic nitrogens is 3. The van der Waals surface area contributed by atoms with Gasteiger partial charge in [0, 0.05) is 12.0 Å². The Morgan fingerprint density at radius 1 is 1.10 bits per heavy atom. The van der Waals surface area contributed by atoms with Crippen LogP contribution in [0.4, 0.5) is 0 Å². The SMILES string of the molecule is COc1ccc(C#CCCn2nnc3ccccc32)cc1. The van der Waals surface area contributed by atoms with E-state index in [1.54, 1.807) is 7.11 Å². The number of methoxy groups -OCH3 is 1. The Morgan fingerprint density at radius 3 is 2.71 bits per heavy atom. The smallest absolute Gasteiger partial charge is 0.118 e. The molecule has 104 valence electrons. The first kappa shape index (κ1) is 13.2. The van der Waals surface area contributed by atoms with Gasteiger partial charge < -0.3 is 4.74 Å². The van der Waals surface area contributed by atoms with Gasteiger partial charge in [-0.3, -0.25) is 0 Å². The monoisotopic (exact) mass is 277 g/mol. The van der Waals surface area contributed by atoms with Crippen molar-refractivity contribution in [3.8, 4) is 17.6 Å². The Hall–Kier alpha value is -2.80. The molecular formula is C17H15N3O. The average Bonchev–Trinajstić information content (AvgIpc) is 2.95. The molecule has 0 atom stereocenters. The maximum atomic E-state index is 5.12. The van der Waals surface area contributed by atoms with Gasteiger partial charge in [0.2, 0.25) is 0 Å². The molecule has 0 N–H and O–H groups in total. The molecule has 0 bridgehead atoms. The van der Waals surface area contributed by atoms with Crippen LogP contribution in [0.1, 0.15) is 12.0 Å². The van der Waals surface area contributed by atoms with E-state index in [1.807, 2.05) is 53.2 Å². The lowest BCUT2D eigenvalue weighted by Crippen LogP contribution is -1.99. The van der Waals surface area contributed by atoms with Gasteiger partial charge in [-0.25, -0.2) is 4.68 Å². The van der Waals surface area contributed by atoms with Gasteiger partial charge in [-0.1, -0.05) is 29.2 Å². The van der Waals surface area contributed by atoms with E-state index in [-0.39, 0.29) is 0 Å². The molecule has 1 aromatic heterocycles. The molecule has 0 aliphatic heterocycles. The summed E-state index contributed by atoms with van der Waals surface area (Å²) in [5, 5.41) is 8.27. The van der Waals surface area contributed by atoms with Crippen molar-refractivity contribution in [2.75, 3.05) is 7.11 Å². The molecule has 0 saturated heterocycles. The number of hydrogen-bond donors (Lipinski definition) is 0. The number of nitrogens with zero attached hydrogens (tertiary/aromatic N) is 3. The van der Waals surface area contributed by atoms with E-state index in [4.69, 9.17) is 4.74 Å². The summed E-state index contributed by atoms with van der Waals surface area (Å²) < 4.78 is 7.00. The first-order valence-corrected chi connectivity index (χ1v) is 6.78. The molecule has 0 radical (unpaired) electrons. The summed E-state index contributed by atoms with van der Waals surface area (Å²) >= 11 is 0. The Morgan fingerprint density at radius 2 is 1.90 bits per heavy atom. The van der Waals surface area contributed by atoms with Crippen LogP contribution >= 0.6 is 0 Å². The van der Waals surface area contributed by atoms with Crippen LogP contribution in [-0.4, -0.2) is 22.1 Å². The fourth-order valence-electron chi connectivity index (χ4n) is 2.08. The first-order valence-electron chi connectivity index (χ1n) is 6.78. The maximum Gasteiger partial charge on any atom is 0.118 e. The molecule has 0 unspecified atom stereocenters. The molecule has 21 heavy (non-hydrogen) atoms. The summed E-state index contributed by atoms with van der Waals surface area (Å²) in [6.07, 6.45) is 0.735. The second kappa shape index (κ2) is 6.10. The molecular weight excluding hydrogens is 262 g/mol. The molecule has 0 aliphatic rings. The molecule has 0 saturated carbocycles. The van der Waals surface area contributed by atoms with E-state index in [0.717, 1.165) is 35.3 Å². The Balaban J connectivity index is 1.64. The standard InChI is InChI=1S/C17H15N3O/c1-21-15-11-9-14(10-12-15)6-4-5-13-20-17-8-3-2-7-16(17)18-19-20/h2-3,7-12H,5,13H2,1H3. The third-order valence-corrected chi connectivity index (χ3v) is 3.19. The molecule has 0 fully saturated rings. The van der Waals surface area contributed by atoms with E-state index in [9.17, 15) is 0 Å². The zero-order chi connectivity index (χ0) is 14.5. The number of para-hydroxylation sites is 1. The topological polar surface area (TPSA) is 39.9 Å². The summed E-state index contributed by atoms with van der Waals surface area (Å²) in [5.41, 5.74) is 2.95. The minimum Gasteiger partial charge on any atom is -0.497 e. The van der Waals surface area contributed by atoms with Crippen LogP contribution in [-0.2, 0) is 6.54 Å². The number of ether oxygens (including phenoxy) is 1. The van der Waals surface area contributed by atoms with Gasteiger partial charge in [-0.2, -0.15) is 0 Å². The van der Waals surface area contributed by atoms with E-state index < -0.39 is 0 Å². The second-order valence-electron chi connectivity index (χ2n) is 4.58. The molecule has 3 aromatic rings. The van der Waals surface area contributed by atoms with Crippen molar-refractivity contribution in [3.63, 3.8) is 0 Å². The molecule has 0 spiro atoms. The van der Waals surface area contributed by atoms with Crippen molar-refractivity contribution in [3.05, 3.63) is 54.1 Å². The largest absolute Gasteiger partial charge is 0.497 e. The van der Waals surface area contributed by atoms with Crippen LogP contribution in [0.5, 0.6) is 5.75 Å². The van der Waals surface area contributed by atoms with E-state index in [1.165, 1.54) is 0 Å². The van der Waals surface area contributed by atoms with Gasteiger partial charge in [0.15, 0.2) is 0 Å². The summed E-state index contributed by atoms with van der Waals surface area (Å²) in [6, 6.07) is 15.7. The average molecular weight is 277 g/mol. The third-order valence-electron chi connectivity index (χ3n) is 3.19. The summed E-state index contributed by atoms with van der Waals surface area (Å²) in [6.45, 7) is 0.740. The first-order chi connectivity index (χ1) is 10.4. The second-order valence-corrected chi connectivity index (χ2v) is 4.58. The normalized spacial score (nSPS) is 10.1. The lowest BCUT2D eigenvalue weighted by molar-refractivity contribution is 0.415. The Kier molecular flexibility index (Phi) is 3.83. The minimum atomic E-state index is 0.735. The maximum absolute atomic E-state index is 5.12. The highest BCUT2D eigenvalue weighted by atomic mass is 16.5. The van der Waals surface area contributed by atoms with Crippen molar-refractivity contribution in [1.29, 1.82) is 0 Å². The molecule has 0 aliphatic carbocycles. The fourth-order valence-corrected chi connectivity index (χ4v) is 2.08. The zero-order valence-corrected chi connectivity index (χ0v) is 11.8. The van der Waals surface area contributed by atoms with Crippen LogP contribution in [0.2, 0.25) is 0 Å². The molecule has 3 rings (SSSR count). The van der Waals surface area contributed by atoms with Crippen molar-refractivity contribution < 1.29 is 4.74 Å². The van der Waals surface area contributed by atoms with E-state index in [0.29, 0.717) is 0 Å². The van der Waals surface area contributed by atoms with E-state index >= 15 is 0 Å². The van der Waals surface area contributed by atoms with Crippen molar-refractivity contribution >= 4 is 11.0 Å².